The molecule has 22 heavy (non-hydrogen) atoms. The van der Waals surface area contributed by atoms with Crippen LogP contribution in [0, 0.1) is 5.82 Å². The number of benzene rings is 2. The molecule has 0 aliphatic carbocycles. The highest BCUT2D eigenvalue weighted by Crippen LogP contribution is 2.23. The molecule has 0 fully saturated rings. The van der Waals surface area contributed by atoms with Gasteiger partial charge in [-0.15, -0.1) is 0 Å². The molecular formula is C15H13Cl2FN2O2. The average molecular weight is 343 g/mol. The van der Waals surface area contributed by atoms with Crippen molar-refractivity contribution >= 4 is 34.9 Å². The number of halogens is 3. The molecule has 1 unspecified atom stereocenters. The molecule has 0 heterocycles. The quantitative estimate of drug-likeness (QED) is 0.786. The van der Waals surface area contributed by atoms with Gasteiger partial charge in [0.05, 0.1) is 16.8 Å². The Bertz CT molecular complexity index is 682. The van der Waals surface area contributed by atoms with Crippen molar-refractivity contribution in [3.8, 4) is 0 Å². The molecule has 0 aliphatic heterocycles. The molecule has 2 amide bonds. The highest BCUT2D eigenvalue weighted by atomic mass is 35.5. The zero-order valence-corrected chi connectivity index (χ0v) is 12.8. The second-order valence-corrected chi connectivity index (χ2v) is 5.31. The highest BCUT2D eigenvalue weighted by Gasteiger charge is 2.13. The number of rotatable bonds is 4. The summed E-state index contributed by atoms with van der Waals surface area (Å²) in [5.74, 6) is -0.495. The lowest BCUT2D eigenvalue weighted by Gasteiger charge is -2.14. The van der Waals surface area contributed by atoms with Crippen LogP contribution in [0.1, 0.15) is 11.7 Å². The number of aliphatic hydroxyl groups is 1. The first-order chi connectivity index (χ1) is 10.5. The minimum Gasteiger partial charge on any atom is -0.387 e. The van der Waals surface area contributed by atoms with Crippen molar-refractivity contribution in [1.29, 1.82) is 0 Å². The molecule has 2 aromatic carbocycles. The van der Waals surface area contributed by atoms with Crippen LogP contribution in [-0.4, -0.2) is 17.7 Å². The van der Waals surface area contributed by atoms with E-state index in [2.05, 4.69) is 10.6 Å². The number of hydrogen-bond donors (Lipinski definition) is 3. The zero-order chi connectivity index (χ0) is 16.1. The van der Waals surface area contributed by atoms with Gasteiger partial charge in [-0.3, -0.25) is 0 Å². The number of carbonyl (C=O) groups excluding carboxylic acids is 1. The summed E-state index contributed by atoms with van der Waals surface area (Å²) in [5.41, 5.74) is 0.789. The number of amides is 2. The van der Waals surface area contributed by atoms with E-state index in [1.807, 2.05) is 0 Å². The van der Waals surface area contributed by atoms with E-state index in [1.165, 1.54) is 12.1 Å². The van der Waals surface area contributed by atoms with E-state index >= 15 is 0 Å². The van der Waals surface area contributed by atoms with Gasteiger partial charge in [-0.1, -0.05) is 41.4 Å². The monoisotopic (exact) mass is 342 g/mol. The number of aliphatic hydroxyl groups excluding tert-OH is 1. The Morgan fingerprint density at radius 2 is 1.91 bits per heavy atom. The lowest BCUT2D eigenvalue weighted by atomic mass is 10.1. The first kappa shape index (κ1) is 16.5. The molecule has 0 bridgehead atoms. The maximum atomic E-state index is 12.9. The molecule has 0 saturated carbocycles. The van der Waals surface area contributed by atoms with E-state index in [0.29, 0.717) is 10.6 Å². The van der Waals surface area contributed by atoms with Crippen LogP contribution in [0.25, 0.3) is 0 Å². The van der Waals surface area contributed by atoms with Gasteiger partial charge in [-0.05, 0) is 24.3 Å². The van der Waals surface area contributed by atoms with Gasteiger partial charge in [0.15, 0.2) is 0 Å². The van der Waals surface area contributed by atoms with Gasteiger partial charge in [0.2, 0.25) is 0 Å². The van der Waals surface area contributed by atoms with Crippen LogP contribution in [0.5, 0.6) is 0 Å². The van der Waals surface area contributed by atoms with Crippen LogP contribution in [0.15, 0.2) is 42.5 Å². The Hall–Kier alpha value is -1.82. The van der Waals surface area contributed by atoms with Crippen molar-refractivity contribution in [2.24, 2.45) is 0 Å². The second-order valence-electron chi connectivity index (χ2n) is 4.50. The van der Waals surface area contributed by atoms with Crippen molar-refractivity contribution in [3.63, 3.8) is 0 Å². The number of nitrogens with one attached hydrogen (secondary N) is 2. The highest BCUT2D eigenvalue weighted by molar-refractivity contribution is 6.33. The van der Waals surface area contributed by atoms with Gasteiger partial charge in [0, 0.05) is 17.1 Å². The minimum absolute atomic E-state index is 0.0334. The van der Waals surface area contributed by atoms with Gasteiger partial charge in [0.25, 0.3) is 0 Å². The Balaban J connectivity index is 1.91. The SMILES string of the molecule is O=C(NCC(O)c1ccccc1Cl)Nc1ccc(F)cc1Cl. The number of hydrogen-bond acceptors (Lipinski definition) is 2. The molecule has 2 rings (SSSR count). The fourth-order valence-electron chi connectivity index (χ4n) is 1.80. The first-order valence-corrected chi connectivity index (χ1v) is 7.15. The van der Waals surface area contributed by atoms with Crippen molar-refractivity contribution in [1.82, 2.24) is 5.32 Å². The molecule has 3 N–H and O–H groups in total. The van der Waals surface area contributed by atoms with Crippen LogP contribution in [-0.2, 0) is 0 Å². The predicted molar refractivity (Wildman–Crippen MR) is 84.8 cm³/mol. The fraction of sp³-hybridized carbons (Fsp3) is 0.133. The molecule has 1 atom stereocenters. The van der Waals surface area contributed by atoms with Crippen LogP contribution in [0.2, 0.25) is 10.0 Å². The molecular weight excluding hydrogens is 330 g/mol. The fourth-order valence-corrected chi connectivity index (χ4v) is 2.28. The summed E-state index contributed by atoms with van der Waals surface area (Å²) in [5, 5.41) is 15.5. The molecule has 7 heteroatoms. The number of carbonyl (C=O) groups is 1. The Kier molecular flexibility index (Phi) is 5.60. The Morgan fingerprint density at radius 1 is 1.18 bits per heavy atom. The summed E-state index contributed by atoms with van der Waals surface area (Å²) in [6.45, 7) is -0.0334. The topological polar surface area (TPSA) is 61.4 Å². The van der Waals surface area contributed by atoms with E-state index in [0.717, 1.165) is 6.07 Å². The maximum Gasteiger partial charge on any atom is 0.319 e. The van der Waals surface area contributed by atoms with Crippen molar-refractivity contribution < 1.29 is 14.3 Å². The molecule has 116 valence electrons. The summed E-state index contributed by atoms with van der Waals surface area (Å²) in [4.78, 5) is 11.8. The van der Waals surface area contributed by atoms with Gasteiger partial charge in [0.1, 0.15) is 5.82 Å². The third kappa shape index (κ3) is 4.34. The minimum atomic E-state index is -0.942. The van der Waals surface area contributed by atoms with Crippen LogP contribution < -0.4 is 10.6 Å². The lowest BCUT2D eigenvalue weighted by Crippen LogP contribution is -2.32. The van der Waals surface area contributed by atoms with E-state index in [1.54, 1.807) is 24.3 Å². The summed E-state index contributed by atoms with van der Waals surface area (Å²) in [6, 6.07) is 9.86. The van der Waals surface area contributed by atoms with Crippen molar-refractivity contribution in [3.05, 3.63) is 63.9 Å². The summed E-state index contributed by atoms with van der Waals surface area (Å²) < 4.78 is 12.9. The van der Waals surface area contributed by atoms with Gasteiger partial charge in [-0.2, -0.15) is 0 Å². The standard InChI is InChI=1S/C15H13Cl2FN2O2/c16-11-4-2-1-3-10(11)14(21)8-19-15(22)20-13-6-5-9(18)7-12(13)17/h1-7,14,21H,8H2,(H2,19,20,22). The predicted octanol–water partition coefficient (Wildman–Crippen LogP) is 3.99. The summed E-state index contributed by atoms with van der Waals surface area (Å²) in [7, 11) is 0. The van der Waals surface area contributed by atoms with Crippen molar-refractivity contribution in [2.45, 2.75) is 6.10 Å². The molecule has 0 aliphatic rings. The smallest absolute Gasteiger partial charge is 0.319 e. The van der Waals surface area contributed by atoms with Crippen LogP contribution in [0.3, 0.4) is 0 Å². The maximum absolute atomic E-state index is 12.9. The lowest BCUT2D eigenvalue weighted by molar-refractivity contribution is 0.175. The van der Waals surface area contributed by atoms with E-state index in [4.69, 9.17) is 23.2 Å². The zero-order valence-electron chi connectivity index (χ0n) is 11.3. The van der Waals surface area contributed by atoms with Gasteiger partial charge >= 0.3 is 6.03 Å². The first-order valence-electron chi connectivity index (χ1n) is 6.40. The van der Waals surface area contributed by atoms with Crippen LogP contribution >= 0.6 is 23.2 Å². The second kappa shape index (κ2) is 7.45. The molecule has 0 spiro atoms. The average Bonchev–Trinajstić information content (AvgIpc) is 2.48. The van der Waals surface area contributed by atoms with E-state index in [-0.39, 0.29) is 17.3 Å². The van der Waals surface area contributed by atoms with Crippen molar-refractivity contribution in [2.75, 3.05) is 11.9 Å². The largest absolute Gasteiger partial charge is 0.387 e. The van der Waals surface area contributed by atoms with E-state index in [9.17, 15) is 14.3 Å². The third-order valence-electron chi connectivity index (χ3n) is 2.90. The van der Waals surface area contributed by atoms with E-state index < -0.39 is 18.0 Å². The summed E-state index contributed by atoms with van der Waals surface area (Å²) >= 11 is 11.8. The molecule has 0 saturated heterocycles. The number of urea groups is 1. The molecule has 0 aromatic heterocycles. The molecule has 0 radical (unpaired) electrons. The number of anilines is 1. The third-order valence-corrected chi connectivity index (χ3v) is 3.56. The Morgan fingerprint density at radius 3 is 2.59 bits per heavy atom. The molecule has 2 aromatic rings. The van der Waals surface area contributed by atoms with Crippen LogP contribution in [0.4, 0.5) is 14.9 Å². The summed E-state index contributed by atoms with van der Waals surface area (Å²) in [6.07, 6.45) is -0.942. The van der Waals surface area contributed by atoms with Gasteiger partial charge in [-0.25, -0.2) is 9.18 Å². The van der Waals surface area contributed by atoms with Gasteiger partial charge < -0.3 is 15.7 Å². The molecule has 4 nitrogen and oxygen atoms in total. The normalized spacial score (nSPS) is 11.8. The Labute approximate surface area is 136 Å².